The summed E-state index contributed by atoms with van der Waals surface area (Å²) >= 11 is 0. The second-order valence-electron chi connectivity index (χ2n) is 3.41. The van der Waals surface area contributed by atoms with E-state index in [0.29, 0.717) is 0 Å². The Bertz CT molecular complexity index is 425. The zero-order chi connectivity index (χ0) is 9.38. The fourth-order valence-electron chi connectivity index (χ4n) is 1.75. The van der Waals surface area contributed by atoms with Gasteiger partial charge in [-0.15, -0.1) is 0 Å². The largest absolute Gasteiger partial charge is 0.265 e. The van der Waals surface area contributed by atoms with Gasteiger partial charge in [0.2, 0.25) is 0 Å². The number of nitrogens with zero attached hydrogens (tertiary/aromatic N) is 4. The van der Waals surface area contributed by atoms with E-state index in [1.807, 2.05) is 16.8 Å². The average molecular weight is 186 g/mol. The molecule has 4 heteroatoms. The van der Waals surface area contributed by atoms with E-state index in [4.69, 9.17) is 0 Å². The minimum absolute atomic E-state index is 0.821. The fraction of sp³-hybridized carbons (Fsp3) is 0.300. The highest BCUT2D eigenvalue weighted by Gasteiger charge is 2.15. The first-order valence-electron chi connectivity index (χ1n) is 4.77. The maximum Gasteiger partial charge on any atom is 0.181 e. The highest BCUT2D eigenvalue weighted by molar-refractivity contribution is 5.53. The van der Waals surface area contributed by atoms with E-state index in [-0.39, 0.29) is 0 Å². The van der Waals surface area contributed by atoms with Gasteiger partial charge in [0.1, 0.15) is 5.82 Å². The molecule has 3 heterocycles. The Morgan fingerprint density at radius 2 is 2.07 bits per heavy atom. The van der Waals surface area contributed by atoms with Gasteiger partial charge in [-0.3, -0.25) is 4.98 Å². The Morgan fingerprint density at radius 3 is 2.86 bits per heavy atom. The Hall–Kier alpha value is -1.71. The highest BCUT2D eigenvalue weighted by Crippen LogP contribution is 2.18. The fourth-order valence-corrected chi connectivity index (χ4v) is 1.75. The first-order valence-corrected chi connectivity index (χ1v) is 4.77. The lowest BCUT2D eigenvalue weighted by molar-refractivity contribution is 0.658. The van der Waals surface area contributed by atoms with Crippen LogP contribution in [0.4, 0.5) is 0 Å². The molecule has 0 aliphatic carbocycles. The van der Waals surface area contributed by atoms with Crippen molar-refractivity contribution in [1.29, 1.82) is 0 Å². The first-order chi connectivity index (χ1) is 6.93. The summed E-state index contributed by atoms with van der Waals surface area (Å²) in [6, 6.07) is 3.87. The molecule has 0 radical (unpaired) electrons. The molecule has 3 rings (SSSR count). The van der Waals surface area contributed by atoms with Crippen LogP contribution in [-0.4, -0.2) is 19.7 Å². The Labute approximate surface area is 81.6 Å². The van der Waals surface area contributed by atoms with E-state index in [1.165, 1.54) is 6.42 Å². The molecule has 2 aromatic rings. The van der Waals surface area contributed by atoms with Gasteiger partial charge in [-0.05, 0) is 18.6 Å². The number of aryl methyl sites for hydroxylation is 2. The summed E-state index contributed by atoms with van der Waals surface area (Å²) in [6.07, 6.45) is 5.76. The third-order valence-electron chi connectivity index (χ3n) is 2.46. The van der Waals surface area contributed by atoms with Crippen molar-refractivity contribution in [1.82, 2.24) is 19.7 Å². The minimum Gasteiger partial charge on any atom is -0.265 e. The molecule has 2 aromatic heterocycles. The topological polar surface area (TPSA) is 43.6 Å². The average Bonchev–Trinajstić information content (AvgIpc) is 2.78. The van der Waals surface area contributed by atoms with E-state index >= 15 is 0 Å². The van der Waals surface area contributed by atoms with Crippen LogP contribution in [0.1, 0.15) is 12.2 Å². The molecule has 0 saturated carbocycles. The molecule has 0 unspecified atom stereocenters. The zero-order valence-corrected chi connectivity index (χ0v) is 7.72. The van der Waals surface area contributed by atoms with Gasteiger partial charge < -0.3 is 0 Å². The molecule has 0 spiro atoms. The molecule has 0 N–H and O–H groups in total. The number of hydrogen-bond donors (Lipinski definition) is 0. The normalized spacial score (nSPS) is 14.3. The van der Waals surface area contributed by atoms with Crippen LogP contribution in [0.2, 0.25) is 0 Å². The SMILES string of the molecule is c1cc(-c2nc3n(n2)CCC3)ccn1. The Kier molecular flexibility index (Phi) is 1.59. The van der Waals surface area contributed by atoms with Gasteiger partial charge in [0.05, 0.1) is 0 Å². The molecule has 14 heavy (non-hydrogen) atoms. The lowest BCUT2D eigenvalue weighted by Gasteiger charge is -1.93. The van der Waals surface area contributed by atoms with Crippen molar-refractivity contribution in [2.45, 2.75) is 19.4 Å². The van der Waals surface area contributed by atoms with Gasteiger partial charge in [0.15, 0.2) is 5.82 Å². The standard InChI is InChI=1S/C10H10N4/c1-2-9-12-10(13-14(9)7-1)8-3-5-11-6-4-8/h3-6H,1-2,7H2. The zero-order valence-electron chi connectivity index (χ0n) is 7.72. The van der Waals surface area contributed by atoms with E-state index in [2.05, 4.69) is 15.1 Å². The minimum atomic E-state index is 0.821. The van der Waals surface area contributed by atoms with Gasteiger partial charge in [0, 0.05) is 30.9 Å². The number of hydrogen-bond acceptors (Lipinski definition) is 3. The summed E-state index contributed by atoms with van der Waals surface area (Å²) in [5, 5.41) is 4.44. The highest BCUT2D eigenvalue weighted by atomic mass is 15.4. The summed E-state index contributed by atoms with van der Waals surface area (Å²) < 4.78 is 2.00. The van der Waals surface area contributed by atoms with E-state index in [0.717, 1.165) is 30.2 Å². The Morgan fingerprint density at radius 1 is 1.21 bits per heavy atom. The van der Waals surface area contributed by atoms with Crippen LogP contribution in [0.3, 0.4) is 0 Å². The summed E-state index contributed by atoms with van der Waals surface area (Å²) in [6.45, 7) is 1.01. The Balaban J connectivity index is 2.06. The molecule has 0 saturated heterocycles. The number of fused-ring (bicyclic) bond motifs is 1. The predicted octanol–water partition coefficient (Wildman–Crippen LogP) is 1.29. The lowest BCUT2D eigenvalue weighted by atomic mass is 10.2. The molecule has 1 aliphatic rings. The van der Waals surface area contributed by atoms with E-state index in [1.54, 1.807) is 12.4 Å². The van der Waals surface area contributed by atoms with Gasteiger partial charge in [-0.25, -0.2) is 9.67 Å². The monoisotopic (exact) mass is 186 g/mol. The van der Waals surface area contributed by atoms with Crippen molar-refractivity contribution in [2.24, 2.45) is 0 Å². The van der Waals surface area contributed by atoms with Crippen molar-refractivity contribution >= 4 is 0 Å². The third kappa shape index (κ3) is 1.11. The van der Waals surface area contributed by atoms with Gasteiger partial charge in [-0.2, -0.15) is 5.10 Å². The van der Waals surface area contributed by atoms with Crippen LogP contribution in [0, 0.1) is 0 Å². The molecular formula is C10H10N4. The van der Waals surface area contributed by atoms with Crippen molar-refractivity contribution in [2.75, 3.05) is 0 Å². The predicted molar refractivity (Wildman–Crippen MR) is 51.6 cm³/mol. The summed E-state index contributed by atoms with van der Waals surface area (Å²) in [5.74, 6) is 1.93. The molecule has 70 valence electrons. The summed E-state index contributed by atoms with van der Waals surface area (Å²) in [4.78, 5) is 8.46. The maximum absolute atomic E-state index is 4.49. The van der Waals surface area contributed by atoms with Gasteiger partial charge >= 0.3 is 0 Å². The van der Waals surface area contributed by atoms with Crippen LogP contribution in [0.15, 0.2) is 24.5 Å². The quantitative estimate of drug-likeness (QED) is 0.674. The van der Waals surface area contributed by atoms with E-state index < -0.39 is 0 Å². The van der Waals surface area contributed by atoms with Crippen molar-refractivity contribution < 1.29 is 0 Å². The molecule has 0 aromatic carbocycles. The number of rotatable bonds is 1. The van der Waals surface area contributed by atoms with Crippen molar-refractivity contribution in [3.05, 3.63) is 30.4 Å². The first kappa shape index (κ1) is 7.67. The summed E-state index contributed by atoms with van der Waals surface area (Å²) in [5.41, 5.74) is 1.04. The molecular weight excluding hydrogens is 176 g/mol. The number of aromatic nitrogens is 4. The van der Waals surface area contributed by atoms with E-state index in [9.17, 15) is 0 Å². The van der Waals surface area contributed by atoms with Gasteiger partial charge in [-0.1, -0.05) is 0 Å². The lowest BCUT2D eigenvalue weighted by Crippen LogP contribution is -1.94. The summed E-state index contributed by atoms with van der Waals surface area (Å²) in [7, 11) is 0. The third-order valence-corrected chi connectivity index (χ3v) is 2.46. The van der Waals surface area contributed by atoms with Crippen LogP contribution < -0.4 is 0 Å². The van der Waals surface area contributed by atoms with Crippen molar-refractivity contribution in [3.8, 4) is 11.4 Å². The van der Waals surface area contributed by atoms with Gasteiger partial charge in [0.25, 0.3) is 0 Å². The molecule has 0 amide bonds. The molecule has 0 atom stereocenters. The maximum atomic E-state index is 4.49. The number of pyridine rings is 1. The second-order valence-corrected chi connectivity index (χ2v) is 3.41. The smallest absolute Gasteiger partial charge is 0.181 e. The molecule has 4 nitrogen and oxygen atoms in total. The molecule has 1 aliphatic heterocycles. The molecule has 0 bridgehead atoms. The van der Waals surface area contributed by atoms with Crippen LogP contribution >= 0.6 is 0 Å². The van der Waals surface area contributed by atoms with Crippen molar-refractivity contribution in [3.63, 3.8) is 0 Å². The molecule has 0 fully saturated rings. The second kappa shape index (κ2) is 2.90. The van der Waals surface area contributed by atoms with Crippen LogP contribution in [-0.2, 0) is 13.0 Å². The van der Waals surface area contributed by atoms with Crippen LogP contribution in [0.25, 0.3) is 11.4 Å². The van der Waals surface area contributed by atoms with Crippen LogP contribution in [0.5, 0.6) is 0 Å².